The van der Waals surface area contributed by atoms with Crippen LogP contribution in [-0.2, 0) is 16.1 Å². The highest BCUT2D eigenvalue weighted by molar-refractivity contribution is 7.80. The number of anilines is 1. The Morgan fingerprint density at radius 2 is 1.57 bits per heavy atom. The molecule has 0 bridgehead atoms. The first-order valence-electron chi connectivity index (χ1n) is 9.10. The molecule has 0 aliphatic heterocycles. The van der Waals surface area contributed by atoms with Crippen LogP contribution in [-0.4, -0.2) is 21.2 Å². The number of rotatable bonds is 7. The van der Waals surface area contributed by atoms with Crippen molar-refractivity contribution < 1.29 is 13.6 Å². The summed E-state index contributed by atoms with van der Waals surface area (Å²) in [4.78, 5) is 12.9. The Morgan fingerprint density at radius 1 is 1.03 bits per heavy atom. The minimum Gasteiger partial charge on any atom is -0.344 e. The maximum atomic E-state index is 12.9. The number of carbonyl (C=O) groups is 1. The summed E-state index contributed by atoms with van der Waals surface area (Å²) in [5.74, 6) is -0.441. The van der Waals surface area contributed by atoms with Gasteiger partial charge in [-0.3, -0.25) is 13.7 Å². The van der Waals surface area contributed by atoms with Gasteiger partial charge in [-0.05, 0) is 35.7 Å². The van der Waals surface area contributed by atoms with E-state index in [0.717, 1.165) is 15.4 Å². The van der Waals surface area contributed by atoms with E-state index in [1.54, 1.807) is 13.0 Å². The van der Waals surface area contributed by atoms with Gasteiger partial charge in [0.2, 0.25) is 5.91 Å². The summed E-state index contributed by atoms with van der Waals surface area (Å²) < 4.78 is 22.8. The van der Waals surface area contributed by atoms with Crippen molar-refractivity contribution in [3.8, 4) is 0 Å². The Hall–Kier alpha value is -2.38. The van der Waals surface area contributed by atoms with Crippen LogP contribution in [0.1, 0.15) is 22.7 Å². The van der Waals surface area contributed by atoms with Crippen molar-refractivity contribution in [1.29, 1.82) is 0 Å². The first-order chi connectivity index (χ1) is 14.4. The summed E-state index contributed by atoms with van der Waals surface area (Å²) in [6.07, 6.45) is 0. The fraction of sp³-hybridized carbons (Fsp3) is 0.136. The summed E-state index contributed by atoms with van der Waals surface area (Å²) in [7, 11) is 0. The molecular formula is C22H20Cl2N2O3S. The molecule has 0 spiro atoms. The number of carbonyl (C=O) groups excluding carboxylic acids is 1. The SMILES string of the molecule is Cc1cc(Cl)cc(N(CC(=O)NC(c2ccccc2)c2ccccc2)S(=O)O)c1Cl. The van der Waals surface area contributed by atoms with Gasteiger partial charge in [0.05, 0.1) is 16.8 Å². The fourth-order valence-corrected chi connectivity index (χ4v) is 4.17. The molecule has 8 heteroatoms. The summed E-state index contributed by atoms with van der Waals surface area (Å²) in [5, 5.41) is 3.57. The van der Waals surface area contributed by atoms with E-state index in [4.69, 9.17) is 23.2 Å². The zero-order valence-corrected chi connectivity index (χ0v) is 18.4. The second-order valence-electron chi connectivity index (χ2n) is 6.65. The van der Waals surface area contributed by atoms with Crippen molar-refractivity contribution in [1.82, 2.24) is 5.32 Å². The van der Waals surface area contributed by atoms with Gasteiger partial charge in [0, 0.05) is 5.02 Å². The quantitative estimate of drug-likeness (QED) is 0.476. The molecule has 1 atom stereocenters. The smallest absolute Gasteiger partial charge is 0.262 e. The average Bonchev–Trinajstić information content (AvgIpc) is 2.74. The third-order valence-corrected chi connectivity index (χ3v) is 5.93. The zero-order chi connectivity index (χ0) is 21.7. The first kappa shape index (κ1) is 22.3. The number of nitrogens with zero attached hydrogens (tertiary/aromatic N) is 1. The van der Waals surface area contributed by atoms with Crippen molar-refractivity contribution in [2.45, 2.75) is 13.0 Å². The van der Waals surface area contributed by atoms with Crippen LogP contribution in [0.5, 0.6) is 0 Å². The van der Waals surface area contributed by atoms with Crippen LogP contribution in [0.25, 0.3) is 0 Å². The van der Waals surface area contributed by atoms with Gasteiger partial charge < -0.3 is 5.32 Å². The molecule has 0 aliphatic carbocycles. The van der Waals surface area contributed by atoms with E-state index in [0.29, 0.717) is 10.6 Å². The van der Waals surface area contributed by atoms with Gasteiger partial charge in [-0.15, -0.1) is 0 Å². The zero-order valence-electron chi connectivity index (χ0n) is 16.1. The summed E-state index contributed by atoms with van der Waals surface area (Å²) in [6, 6.07) is 21.7. The monoisotopic (exact) mass is 462 g/mol. The fourth-order valence-electron chi connectivity index (χ4n) is 3.10. The number of nitrogens with one attached hydrogen (secondary N) is 1. The summed E-state index contributed by atoms with van der Waals surface area (Å²) in [6.45, 7) is 1.36. The van der Waals surface area contributed by atoms with Crippen molar-refractivity contribution in [2.24, 2.45) is 0 Å². The highest BCUT2D eigenvalue weighted by atomic mass is 35.5. The topological polar surface area (TPSA) is 69.6 Å². The van der Waals surface area contributed by atoms with E-state index in [-0.39, 0.29) is 17.3 Å². The average molecular weight is 463 g/mol. The molecule has 156 valence electrons. The van der Waals surface area contributed by atoms with Gasteiger partial charge in [0.15, 0.2) is 0 Å². The van der Waals surface area contributed by atoms with Crippen LogP contribution < -0.4 is 9.62 Å². The molecule has 1 unspecified atom stereocenters. The Kier molecular flexibility index (Phi) is 7.50. The standard InChI is InChI=1S/C22H20Cl2N2O3S/c1-15-12-18(23)13-19(21(15)24)26(30(28)29)14-20(27)25-22(16-8-4-2-5-9-16)17-10-6-3-7-11-17/h2-13,22H,14H2,1H3,(H,25,27)(H,28,29). The lowest BCUT2D eigenvalue weighted by Gasteiger charge is -2.24. The molecule has 0 aromatic heterocycles. The normalized spacial score (nSPS) is 11.9. The minimum atomic E-state index is -2.48. The number of aryl methyl sites for hydroxylation is 1. The van der Waals surface area contributed by atoms with Gasteiger partial charge in [-0.1, -0.05) is 83.9 Å². The van der Waals surface area contributed by atoms with Crippen LogP contribution >= 0.6 is 23.2 Å². The van der Waals surface area contributed by atoms with E-state index in [9.17, 15) is 13.6 Å². The molecule has 0 heterocycles. The summed E-state index contributed by atoms with van der Waals surface area (Å²) in [5.41, 5.74) is 2.64. The van der Waals surface area contributed by atoms with Gasteiger partial charge in [0.25, 0.3) is 11.3 Å². The maximum absolute atomic E-state index is 12.9. The Balaban J connectivity index is 1.88. The van der Waals surface area contributed by atoms with Gasteiger partial charge in [-0.25, -0.2) is 4.21 Å². The van der Waals surface area contributed by atoms with Crippen molar-refractivity contribution in [3.05, 3.63) is 99.5 Å². The highest BCUT2D eigenvalue weighted by Gasteiger charge is 2.23. The van der Waals surface area contributed by atoms with Crippen molar-refractivity contribution in [3.63, 3.8) is 0 Å². The van der Waals surface area contributed by atoms with E-state index in [2.05, 4.69) is 5.32 Å². The predicted octanol–water partition coefficient (Wildman–Crippen LogP) is 5.15. The lowest BCUT2D eigenvalue weighted by Crippen LogP contribution is -2.40. The third kappa shape index (κ3) is 5.40. The number of benzene rings is 3. The molecule has 2 N–H and O–H groups in total. The Bertz CT molecular complexity index is 1010. The van der Waals surface area contributed by atoms with Crippen LogP contribution in [0.15, 0.2) is 72.8 Å². The van der Waals surface area contributed by atoms with E-state index in [1.807, 2.05) is 60.7 Å². The van der Waals surface area contributed by atoms with Gasteiger partial charge in [0.1, 0.15) is 6.54 Å². The highest BCUT2D eigenvalue weighted by Crippen LogP contribution is 2.33. The van der Waals surface area contributed by atoms with Crippen LogP contribution in [0, 0.1) is 6.92 Å². The molecule has 5 nitrogen and oxygen atoms in total. The molecule has 0 saturated carbocycles. The van der Waals surface area contributed by atoms with Crippen LogP contribution in [0.4, 0.5) is 5.69 Å². The predicted molar refractivity (Wildman–Crippen MR) is 122 cm³/mol. The number of halogens is 2. The minimum absolute atomic E-state index is 0.216. The van der Waals surface area contributed by atoms with Crippen LogP contribution in [0.2, 0.25) is 10.0 Å². The lowest BCUT2D eigenvalue weighted by atomic mass is 9.99. The second kappa shape index (κ2) is 10.1. The summed E-state index contributed by atoms with van der Waals surface area (Å²) >= 11 is 9.92. The number of hydrogen-bond donors (Lipinski definition) is 2. The molecule has 0 radical (unpaired) electrons. The molecular weight excluding hydrogens is 443 g/mol. The number of amides is 1. The maximum Gasteiger partial charge on any atom is 0.262 e. The van der Waals surface area contributed by atoms with E-state index >= 15 is 0 Å². The molecule has 1 amide bonds. The van der Waals surface area contributed by atoms with E-state index < -0.39 is 23.2 Å². The molecule has 3 rings (SSSR count). The van der Waals surface area contributed by atoms with Crippen molar-refractivity contribution in [2.75, 3.05) is 10.8 Å². The molecule has 0 fully saturated rings. The molecule has 30 heavy (non-hydrogen) atoms. The Labute approximate surface area is 188 Å². The third-order valence-electron chi connectivity index (χ3n) is 4.52. The van der Waals surface area contributed by atoms with E-state index in [1.165, 1.54) is 6.07 Å². The molecule has 0 aliphatic rings. The first-order valence-corrected chi connectivity index (χ1v) is 10.9. The lowest BCUT2D eigenvalue weighted by molar-refractivity contribution is -0.120. The van der Waals surface area contributed by atoms with Gasteiger partial charge in [-0.2, -0.15) is 0 Å². The second-order valence-corrected chi connectivity index (χ2v) is 8.36. The number of hydrogen-bond acceptors (Lipinski definition) is 2. The Morgan fingerprint density at radius 3 is 2.07 bits per heavy atom. The molecule has 0 saturated heterocycles. The molecule has 3 aromatic carbocycles. The largest absolute Gasteiger partial charge is 0.344 e. The molecule has 3 aromatic rings. The van der Waals surface area contributed by atoms with Gasteiger partial charge >= 0.3 is 0 Å². The van der Waals surface area contributed by atoms with Crippen molar-refractivity contribution >= 4 is 46.1 Å². The van der Waals surface area contributed by atoms with Crippen LogP contribution in [0.3, 0.4) is 0 Å².